The Bertz CT molecular complexity index is 653. The molecule has 4 nitrogen and oxygen atoms in total. The summed E-state index contributed by atoms with van der Waals surface area (Å²) in [6.07, 6.45) is -0.0748. The Balaban J connectivity index is 2.62. The Labute approximate surface area is 122 Å². The molecule has 6 heteroatoms. The Morgan fingerprint density at radius 1 is 1.29 bits per heavy atom. The van der Waals surface area contributed by atoms with Crippen molar-refractivity contribution in [3.63, 3.8) is 0 Å². The summed E-state index contributed by atoms with van der Waals surface area (Å²) < 4.78 is 34.8. The molecular weight excluding hydrogens is 278 g/mol. The number of hydrogen-bond donors (Lipinski definition) is 1. The normalized spacial score (nSPS) is 12.8. The molecule has 1 atom stereocenters. The fourth-order valence-corrected chi connectivity index (χ4v) is 2.25. The Morgan fingerprint density at radius 3 is 2.52 bits per heavy atom. The van der Waals surface area contributed by atoms with Crippen LogP contribution in [0.25, 0.3) is 0 Å². The van der Waals surface area contributed by atoms with Gasteiger partial charge in [0.25, 0.3) is 0 Å². The van der Waals surface area contributed by atoms with Crippen LogP contribution in [-0.4, -0.2) is 22.0 Å². The van der Waals surface area contributed by atoms with Gasteiger partial charge in [-0.3, -0.25) is 4.68 Å². The number of aliphatic hydroxyl groups is 1. The zero-order valence-electron chi connectivity index (χ0n) is 12.4. The average Bonchev–Trinajstić information content (AvgIpc) is 2.87. The molecule has 1 unspecified atom stereocenters. The number of aromatic nitrogens is 2. The van der Waals surface area contributed by atoms with Crippen molar-refractivity contribution in [3.8, 4) is 5.75 Å². The molecule has 1 aromatic carbocycles. The van der Waals surface area contributed by atoms with Gasteiger partial charge in [0.2, 0.25) is 0 Å². The summed E-state index contributed by atoms with van der Waals surface area (Å²) >= 11 is 0. The van der Waals surface area contributed by atoms with Crippen LogP contribution in [-0.2, 0) is 0 Å². The molecule has 1 heterocycles. The number of halogens is 2. The first kappa shape index (κ1) is 15.4. The molecular formula is C15H18F2N2O2. The number of aliphatic hydroxyl groups excluding tert-OH is 1. The van der Waals surface area contributed by atoms with Crippen molar-refractivity contribution in [3.05, 3.63) is 46.8 Å². The molecule has 0 saturated carbocycles. The number of aryl methyl sites for hydroxylation is 1. The van der Waals surface area contributed by atoms with E-state index < -0.39 is 23.3 Å². The van der Waals surface area contributed by atoms with E-state index in [2.05, 4.69) is 5.10 Å². The van der Waals surface area contributed by atoms with Crippen molar-refractivity contribution in [2.24, 2.45) is 0 Å². The average molecular weight is 296 g/mol. The van der Waals surface area contributed by atoms with Crippen LogP contribution >= 0.6 is 0 Å². The molecule has 0 aliphatic rings. The maximum Gasteiger partial charge on any atom is 0.163 e. The highest BCUT2D eigenvalue weighted by atomic mass is 19.1. The summed E-state index contributed by atoms with van der Waals surface area (Å²) in [7, 11) is 1.42. The summed E-state index contributed by atoms with van der Waals surface area (Å²) in [5.74, 6) is -1.28. The highest BCUT2D eigenvalue weighted by Crippen LogP contribution is 2.34. The predicted octanol–water partition coefficient (Wildman–Crippen LogP) is 3.14. The van der Waals surface area contributed by atoms with E-state index in [-0.39, 0.29) is 23.0 Å². The van der Waals surface area contributed by atoms with E-state index in [1.54, 1.807) is 0 Å². The standard InChI is InChI=1S/C15H18F2N2O2/c1-8(2)19-14(11(21-4)7-18-19)15(20)12-10(16)6-5-9(3)13(12)17/h5-8,15,20H,1-4H3. The zero-order chi connectivity index (χ0) is 15.7. The maximum absolute atomic E-state index is 14.2. The van der Waals surface area contributed by atoms with Crippen molar-refractivity contribution in [2.45, 2.75) is 32.9 Å². The number of methoxy groups -OCH3 is 1. The third kappa shape index (κ3) is 2.63. The molecule has 0 aliphatic heterocycles. The largest absolute Gasteiger partial charge is 0.493 e. The lowest BCUT2D eigenvalue weighted by Gasteiger charge is -2.19. The van der Waals surface area contributed by atoms with Crippen LogP contribution in [0.2, 0.25) is 0 Å². The number of rotatable bonds is 4. The van der Waals surface area contributed by atoms with Crippen molar-refractivity contribution >= 4 is 0 Å². The minimum atomic E-state index is -1.50. The van der Waals surface area contributed by atoms with Crippen LogP contribution in [0.15, 0.2) is 18.3 Å². The lowest BCUT2D eigenvalue weighted by molar-refractivity contribution is 0.189. The van der Waals surface area contributed by atoms with E-state index >= 15 is 0 Å². The molecule has 0 saturated heterocycles. The fourth-order valence-electron chi connectivity index (χ4n) is 2.25. The van der Waals surface area contributed by atoms with E-state index in [4.69, 9.17) is 4.74 Å². The van der Waals surface area contributed by atoms with Gasteiger partial charge in [0.1, 0.15) is 23.4 Å². The number of nitrogens with zero attached hydrogens (tertiary/aromatic N) is 2. The molecule has 0 spiro atoms. The smallest absolute Gasteiger partial charge is 0.163 e. The van der Waals surface area contributed by atoms with Crippen molar-refractivity contribution in [1.29, 1.82) is 0 Å². The van der Waals surface area contributed by atoms with E-state index in [0.717, 1.165) is 6.07 Å². The SMILES string of the molecule is COc1cnn(C(C)C)c1C(O)c1c(F)ccc(C)c1F. The lowest BCUT2D eigenvalue weighted by Crippen LogP contribution is -2.15. The van der Waals surface area contributed by atoms with Gasteiger partial charge >= 0.3 is 0 Å². The van der Waals surface area contributed by atoms with Crippen LogP contribution in [0, 0.1) is 18.6 Å². The zero-order valence-corrected chi connectivity index (χ0v) is 12.4. The fraction of sp³-hybridized carbons (Fsp3) is 0.400. The van der Waals surface area contributed by atoms with Crippen LogP contribution in [0.4, 0.5) is 8.78 Å². The summed E-state index contributed by atoms with van der Waals surface area (Å²) in [5, 5.41) is 14.6. The highest BCUT2D eigenvalue weighted by molar-refractivity contribution is 5.38. The van der Waals surface area contributed by atoms with Gasteiger partial charge in [-0.15, -0.1) is 0 Å². The second kappa shape index (κ2) is 5.81. The maximum atomic E-state index is 14.2. The molecule has 1 N–H and O–H groups in total. The minimum absolute atomic E-state index is 0.0884. The van der Waals surface area contributed by atoms with Crippen LogP contribution < -0.4 is 4.74 Å². The third-order valence-corrected chi connectivity index (χ3v) is 3.36. The van der Waals surface area contributed by atoms with Gasteiger partial charge in [0, 0.05) is 6.04 Å². The van der Waals surface area contributed by atoms with E-state index in [0.29, 0.717) is 0 Å². The van der Waals surface area contributed by atoms with Gasteiger partial charge < -0.3 is 9.84 Å². The Morgan fingerprint density at radius 2 is 1.95 bits per heavy atom. The number of benzene rings is 1. The summed E-state index contributed by atoms with van der Waals surface area (Å²) in [4.78, 5) is 0. The number of hydrogen-bond acceptors (Lipinski definition) is 3. The topological polar surface area (TPSA) is 47.3 Å². The van der Waals surface area contributed by atoms with Gasteiger partial charge in [-0.1, -0.05) is 6.07 Å². The quantitative estimate of drug-likeness (QED) is 0.943. The molecule has 0 fully saturated rings. The Hall–Kier alpha value is -1.95. The number of ether oxygens (including phenoxy) is 1. The van der Waals surface area contributed by atoms with Gasteiger partial charge in [0.05, 0.1) is 18.9 Å². The lowest BCUT2D eigenvalue weighted by atomic mass is 10.0. The van der Waals surface area contributed by atoms with Gasteiger partial charge in [-0.25, -0.2) is 8.78 Å². The second-order valence-corrected chi connectivity index (χ2v) is 5.13. The molecule has 1 aromatic heterocycles. The van der Waals surface area contributed by atoms with E-state index in [9.17, 15) is 13.9 Å². The van der Waals surface area contributed by atoms with Crippen molar-refractivity contribution in [1.82, 2.24) is 9.78 Å². The van der Waals surface area contributed by atoms with Crippen LogP contribution in [0.5, 0.6) is 5.75 Å². The van der Waals surface area contributed by atoms with Gasteiger partial charge in [0.15, 0.2) is 5.75 Å². The van der Waals surface area contributed by atoms with Crippen molar-refractivity contribution < 1.29 is 18.6 Å². The molecule has 0 amide bonds. The third-order valence-electron chi connectivity index (χ3n) is 3.36. The highest BCUT2D eigenvalue weighted by Gasteiger charge is 2.28. The first-order valence-electron chi connectivity index (χ1n) is 6.62. The van der Waals surface area contributed by atoms with Crippen LogP contribution in [0.3, 0.4) is 0 Å². The summed E-state index contributed by atoms with van der Waals surface area (Å²) in [6.45, 7) is 5.22. The summed E-state index contributed by atoms with van der Waals surface area (Å²) in [5.41, 5.74) is 0.103. The molecule has 21 heavy (non-hydrogen) atoms. The second-order valence-electron chi connectivity index (χ2n) is 5.13. The first-order chi connectivity index (χ1) is 9.88. The minimum Gasteiger partial charge on any atom is -0.493 e. The van der Waals surface area contributed by atoms with Crippen molar-refractivity contribution in [2.75, 3.05) is 7.11 Å². The Kier molecular flexibility index (Phi) is 4.27. The van der Waals surface area contributed by atoms with E-state index in [1.165, 1.54) is 31.0 Å². The molecule has 2 rings (SSSR count). The molecule has 0 bridgehead atoms. The van der Waals surface area contributed by atoms with E-state index in [1.807, 2.05) is 13.8 Å². The molecule has 2 aromatic rings. The monoisotopic (exact) mass is 296 g/mol. The predicted molar refractivity (Wildman–Crippen MR) is 74.3 cm³/mol. The van der Waals surface area contributed by atoms with Crippen LogP contribution in [0.1, 0.15) is 42.8 Å². The molecule has 0 aliphatic carbocycles. The molecule has 0 radical (unpaired) electrons. The van der Waals surface area contributed by atoms with Gasteiger partial charge in [-0.2, -0.15) is 5.10 Å². The molecule has 114 valence electrons. The first-order valence-corrected chi connectivity index (χ1v) is 6.62. The van der Waals surface area contributed by atoms with Gasteiger partial charge in [-0.05, 0) is 32.4 Å². The summed E-state index contributed by atoms with van der Waals surface area (Å²) in [6, 6.07) is 2.38.